The van der Waals surface area contributed by atoms with Crippen LogP contribution in [0.1, 0.15) is 55.8 Å². The number of likely N-dealkylation sites (tertiary alicyclic amines) is 1. The molecule has 3 amide bonds. The third kappa shape index (κ3) is 4.49. The molecule has 4 N–H and O–H groups in total. The van der Waals surface area contributed by atoms with Gasteiger partial charge in [0, 0.05) is 18.8 Å². The second-order valence-corrected chi connectivity index (χ2v) is 8.01. The van der Waals surface area contributed by atoms with Crippen molar-refractivity contribution in [3.05, 3.63) is 23.9 Å². The molecule has 2 aliphatic rings. The summed E-state index contributed by atoms with van der Waals surface area (Å²) in [5, 5.41) is 12.5. The van der Waals surface area contributed by atoms with Crippen molar-refractivity contribution in [2.24, 2.45) is 17.6 Å². The summed E-state index contributed by atoms with van der Waals surface area (Å²) in [6, 6.07) is 2.93. The molecular weight excluding hydrogens is 360 g/mol. The number of nitrogens with zero attached hydrogens (tertiary/aromatic N) is 2. The average Bonchev–Trinajstić information content (AvgIpc) is 2.67. The molecule has 1 aliphatic carbocycles. The summed E-state index contributed by atoms with van der Waals surface area (Å²) in [7, 11) is 0. The first-order valence-electron chi connectivity index (χ1n) is 9.91. The number of nitrogens with two attached hydrogens (primary N) is 1. The van der Waals surface area contributed by atoms with Gasteiger partial charge in [-0.25, -0.2) is 4.98 Å². The molecular formula is C20H28N4O4. The number of amides is 3. The number of primary amides is 1. The summed E-state index contributed by atoms with van der Waals surface area (Å²) in [5.74, 6) is -1.68. The normalized spacial score (nSPS) is 27.9. The molecule has 1 aliphatic heterocycles. The highest BCUT2D eigenvalue weighted by molar-refractivity contribution is 6.39. The van der Waals surface area contributed by atoms with Gasteiger partial charge < -0.3 is 21.1 Å². The van der Waals surface area contributed by atoms with E-state index >= 15 is 0 Å². The quantitative estimate of drug-likeness (QED) is 0.673. The van der Waals surface area contributed by atoms with Gasteiger partial charge in [0.15, 0.2) is 0 Å². The Kier molecular flexibility index (Phi) is 6.28. The van der Waals surface area contributed by atoms with E-state index in [4.69, 9.17) is 5.73 Å². The van der Waals surface area contributed by atoms with E-state index in [1.54, 1.807) is 4.90 Å². The first kappa shape index (κ1) is 20.3. The van der Waals surface area contributed by atoms with E-state index in [2.05, 4.69) is 17.2 Å². The van der Waals surface area contributed by atoms with Crippen LogP contribution in [0.4, 0.5) is 5.82 Å². The first-order chi connectivity index (χ1) is 13.4. The molecule has 4 atom stereocenters. The number of rotatable bonds is 3. The van der Waals surface area contributed by atoms with Crippen LogP contribution in [-0.2, 0) is 9.59 Å². The van der Waals surface area contributed by atoms with Gasteiger partial charge in [-0.3, -0.25) is 14.4 Å². The molecule has 0 bridgehead atoms. The van der Waals surface area contributed by atoms with Crippen LogP contribution in [0.5, 0.6) is 0 Å². The molecule has 0 radical (unpaired) electrons. The Balaban J connectivity index is 1.76. The maximum absolute atomic E-state index is 13.0. The number of anilines is 1. The van der Waals surface area contributed by atoms with Gasteiger partial charge in [-0.15, -0.1) is 0 Å². The number of piperidine rings is 1. The molecule has 3 rings (SSSR count). The highest BCUT2D eigenvalue weighted by atomic mass is 16.3. The Bertz CT molecular complexity index is 753. The van der Waals surface area contributed by atoms with E-state index in [9.17, 15) is 19.5 Å². The van der Waals surface area contributed by atoms with E-state index in [1.807, 2.05) is 0 Å². The summed E-state index contributed by atoms with van der Waals surface area (Å²) in [6.45, 7) is 2.57. The van der Waals surface area contributed by atoms with Crippen molar-refractivity contribution in [1.82, 2.24) is 9.88 Å². The van der Waals surface area contributed by atoms with Gasteiger partial charge in [0.1, 0.15) is 5.82 Å². The fourth-order valence-electron chi connectivity index (χ4n) is 4.44. The van der Waals surface area contributed by atoms with Crippen LogP contribution in [0.3, 0.4) is 0 Å². The summed E-state index contributed by atoms with van der Waals surface area (Å²) in [6.07, 6.45) is 6.25. The lowest BCUT2D eigenvalue weighted by molar-refractivity contribution is -0.148. The van der Waals surface area contributed by atoms with Crippen molar-refractivity contribution in [2.75, 3.05) is 11.9 Å². The summed E-state index contributed by atoms with van der Waals surface area (Å²) >= 11 is 0. The maximum Gasteiger partial charge on any atom is 0.315 e. The zero-order valence-corrected chi connectivity index (χ0v) is 16.1. The third-order valence-corrected chi connectivity index (χ3v) is 5.86. The Morgan fingerprint density at radius 2 is 2.04 bits per heavy atom. The number of nitrogens with one attached hydrogen (secondary N) is 1. The molecule has 1 saturated carbocycles. The van der Waals surface area contributed by atoms with E-state index in [-0.39, 0.29) is 29.4 Å². The fourth-order valence-corrected chi connectivity index (χ4v) is 4.44. The van der Waals surface area contributed by atoms with Gasteiger partial charge in [-0.1, -0.05) is 13.3 Å². The Morgan fingerprint density at radius 1 is 1.25 bits per heavy atom. The molecule has 1 saturated heterocycles. The molecule has 8 nitrogen and oxygen atoms in total. The zero-order chi connectivity index (χ0) is 20.3. The number of carbonyl (C=O) groups excluding carboxylic acids is 3. The van der Waals surface area contributed by atoms with Crippen molar-refractivity contribution in [3.8, 4) is 0 Å². The molecule has 2 heterocycles. The number of hydrogen-bond donors (Lipinski definition) is 3. The predicted molar refractivity (Wildman–Crippen MR) is 103 cm³/mol. The molecule has 8 heteroatoms. The summed E-state index contributed by atoms with van der Waals surface area (Å²) < 4.78 is 0. The largest absolute Gasteiger partial charge is 0.393 e. The molecule has 0 unspecified atom stereocenters. The molecule has 1 aromatic heterocycles. The molecule has 28 heavy (non-hydrogen) atoms. The van der Waals surface area contributed by atoms with E-state index in [1.165, 1.54) is 18.3 Å². The molecule has 1 aromatic rings. The number of carbonyl (C=O) groups is 3. The minimum absolute atomic E-state index is 0.0111. The van der Waals surface area contributed by atoms with E-state index in [0.29, 0.717) is 18.9 Å². The average molecular weight is 388 g/mol. The van der Waals surface area contributed by atoms with E-state index < -0.39 is 17.7 Å². The van der Waals surface area contributed by atoms with Gasteiger partial charge in [0.2, 0.25) is 0 Å². The van der Waals surface area contributed by atoms with Crippen LogP contribution >= 0.6 is 0 Å². The first-order valence-corrected chi connectivity index (χ1v) is 9.91. The lowest BCUT2D eigenvalue weighted by Gasteiger charge is -2.44. The monoisotopic (exact) mass is 388 g/mol. The fraction of sp³-hybridized carbons (Fsp3) is 0.600. The number of hydrogen-bond acceptors (Lipinski definition) is 5. The molecule has 0 aromatic carbocycles. The van der Waals surface area contributed by atoms with Gasteiger partial charge >= 0.3 is 11.8 Å². The van der Waals surface area contributed by atoms with Crippen LogP contribution in [0, 0.1) is 11.8 Å². The SMILES string of the molecule is C[C@@H]1CC[C@@H]([C@H]2CCC[C@@H](O)C2)N(C(=O)C(=O)Nc2ncccc2C(N)=O)C1. The number of aliphatic hydroxyl groups excluding tert-OH is 1. The standard InChI is InChI=1S/C20H28N4O4/c1-12-7-8-16(13-4-2-5-14(25)10-13)24(11-12)20(28)19(27)23-18-15(17(21)26)6-3-9-22-18/h3,6,9,12-14,16,25H,2,4-5,7-8,10-11H2,1H3,(H2,21,26)(H,22,23,27)/t12-,13+,14-,16+/m1/s1. The van der Waals surface area contributed by atoms with Crippen molar-refractivity contribution in [2.45, 2.75) is 57.6 Å². The number of aromatic nitrogens is 1. The van der Waals surface area contributed by atoms with Gasteiger partial charge in [-0.05, 0) is 56.1 Å². The van der Waals surface area contributed by atoms with Crippen LogP contribution in [0.15, 0.2) is 18.3 Å². The van der Waals surface area contributed by atoms with Crippen LogP contribution in [-0.4, -0.2) is 51.4 Å². The van der Waals surface area contributed by atoms with Crippen LogP contribution in [0.25, 0.3) is 0 Å². The highest BCUT2D eigenvalue weighted by Gasteiger charge is 2.39. The third-order valence-electron chi connectivity index (χ3n) is 5.86. The Hall–Kier alpha value is -2.48. The lowest BCUT2D eigenvalue weighted by Crippen LogP contribution is -2.54. The number of pyridine rings is 1. The van der Waals surface area contributed by atoms with Crippen LogP contribution < -0.4 is 11.1 Å². The van der Waals surface area contributed by atoms with Crippen molar-refractivity contribution >= 4 is 23.5 Å². The second-order valence-electron chi connectivity index (χ2n) is 8.01. The van der Waals surface area contributed by atoms with Crippen LogP contribution in [0.2, 0.25) is 0 Å². The van der Waals surface area contributed by atoms with Gasteiger partial charge in [0.05, 0.1) is 11.7 Å². The lowest BCUT2D eigenvalue weighted by atomic mass is 9.77. The van der Waals surface area contributed by atoms with Gasteiger partial charge in [0.25, 0.3) is 5.91 Å². The van der Waals surface area contributed by atoms with Crippen molar-refractivity contribution < 1.29 is 19.5 Å². The smallest absolute Gasteiger partial charge is 0.315 e. The minimum atomic E-state index is -0.823. The number of aliphatic hydroxyl groups is 1. The molecule has 2 fully saturated rings. The van der Waals surface area contributed by atoms with E-state index in [0.717, 1.165) is 32.1 Å². The maximum atomic E-state index is 13.0. The molecule has 0 spiro atoms. The summed E-state index contributed by atoms with van der Waals surface area (Å²) in [4.78, 5) is 42.7. The highest BCUT2D eigenvalue weighted by Crippen LogP contribution is 2.35. The Labute approximate surface area is 164 Å². The second kappa shape index (κ2) is 8.68. The van der Waals surface area contributed by atoms with Crippen molar-refractivity contribution in [3.63, 3.8) is 0 Å². The van der Waals surface area contributed by atoms with Crippen molar-refractivity contribution in [1.29, 1.82) is 0 Å². The zero-order valence-electron chi connectivity index (χ0n) is 16.1. The minimum Gasteiger partial charge on any atom is -0.393 e. The Morgan fingerprint density at radius 3 is 2.75 bits per heavy atom. The summed E-state index contributed by atoms with van der Waals surface area (Å²) in [5.41, 5.74) is 5.37. The molecule has 152 valence electrons. The predicted octanol–water partition coefficient (Wildman–Crippen LogP) is 1.30. The topological polar surface area (TPSA) is 126 Å². The van der Waals surface area contributed by atoms with Gasteiger partial charge in [-0.2, -0.15) is 0 Å².